The molecule has 0 amide bonds. The normalized spacial score (nSPS) is 12.8. The average molecular weight is 380 g/mol. The Balaban J connectivity index is 1.84. The second-order valence-corrected chi connectivity index (χ2v) is 6.01. The molecule has 0 atom stereocenters. The summed E-state index contributed by atoms with van der Waals surface area (Å²) in [6.45, 7) is 0. The van der Waals surface area contributed by atoms with Gasteiger partial charge in [-0.2, -0.15) is 0 Å². The number of nitrogens with two attached hydrogens (primary N) is 1. The third-order valence-corrected chi connectivity index (χ3v) is 3.68. The first-order valence-corrected chi connectivity index (χ1v) is 8.53. The van der Waals surface area contributed by atoms with Crippen molar-refractivity contribution in [2.24, 2.45) is 10.8 Å². The average Bonchev–Trinajstić information content (AvgIpc) is 2.58. The van der Waals surface area contributed by atoms with Crippen molar-refractivity contribution in [1.29, 1.82) is 0 Å². The molecule has 0 aliphatic carbocycles. The Morgan fingerprint density at radius 2 is 1.85 bits per heavy atom. The van der Waals surface area contributed by atoms with Crippen LogP contribution in [-0.4, -0.2) is 23.5 Å². The van der Waals surface area contributed by atoms with E-state index in [0.29, 0.717) is 16.5 Å². The molecule has 0 aliphatic rings. The maximum atomic E-state index is 12.2. The molecule has 4 nitrogen and oxygen atoms in total. The maximum absolute atomic E-state index is 12.2. The van der Waals surface area contributed by atoms with E-state index in [4.69, 9.17) is 5.73 Å². The molecule has 0 spiro atoms. The lowest BCUT2D eigenvalue weighted by Gasteiger charge is -2.08. The SMILES string of the molecule is NC(=N[NH+]=Cc1cccc(OC(F)(F)F)c1)SCC=Cc1ccccc1. The zero-order valence-electron chi connectivity index (χ0n) is 13.6. The van der Waals surface area contributed by atoms with Crippen molar-refractivity contribution in [3.05, 3.63) is 71.8 Å². The number of hydrogen-bond donors (Lipinski definition) is 2. The van der Waals surface area contributed by atoms with Gasteiger partial charge in [-0.1, -0.05) is 60.3 Å². The van der Waals surface area contributed by atoms with Crippen LogP contribution < -0.4 is 15.6 Å². The molecule has 136 valence electrons. The minimum atomic E-state index is -4.72. The molecule has 2 aromatic carbocycles. The summed E-state index contributed by atoms with van der Waals surface area (Å²) in [4.78, 5) is 0. The van der Waals surface area contributed by atoms with Crippen LogP contribution in [0, 0.1) is 0 Å². The molecule has 0 unspecified atom stereocenters. The largest absolute Gasteiger partial charge is 0.573 e. The number of nitrogens with one attached hydrogen (secondary N) is 1. The van der Waals surface area contributed by atoms with Crippen molar-refractivity contribution < 1.29 is 23.0 Å². The van der Waals surface area contributed by atoms with E-state index in [1.54, 1.807) is 6.07 Å². The lowest BCUT2D eigenvalue weighted by Crippen LogP contribution is -2.62. The molecule has 8 heteroatoms. The van der Waals surface area contributed by atoms with Gasteiger partial charge >= 0.3 is 6.36 Å². The summed E-state index contributed by atoms with van der Waals surface area (Å²) < 4.78 is 40.4. The van der Waals surface area contributed by atoms with Crippen LogP contribution in [0.3, 0.4) is 0 Å². The van der Waals surface area contributed by atoms with E-state index in [9.17, 15) is 13.2 Å². The van der Waals surface area contributed by atoms with Gasteiger partial charge in [-0.05, 0) is 23.8 Å². The highest BCUT2D eigenvalue weighted by molar-refractivity contribution is 8.13. The highest BCUT2D eigenvalue weighted by atomic mass is 32.2. The van der Waals surface area contributed by atoms with E-state index in [1.807, 2.05) is 42.5 Å². The number of rotatable bonds is 6. The van der Waals surface area contributed by atoms with Gasteiger partial charge in [-0.25, -0.2) is 0 Å². The summed E-state index contributed by atoms with van der Waals surface area (Å²) in [5, 5.41) is 6.84. The third-order valence-electron chi connectivity index (χ3n) is 2.93. The number of amidine groups is 1. The van der Waals surface area contributed by atoms with Crippen LogP contribution in [-0.2, 0) is 0 Å². The molecule has 0 heterocycles. The zero-order chi connectivity index (χ0) is 18.8. The molecule has 0 aliphatic heterocycles. The molecule has 0 saturated heterocycles. The predicted molar refractivity (Wildman–Crippen MR) is 98.8 cm³/mol. The van der Waals surface area contributed by atoms with Crippen LogP contribution >= 0.6 is 11.8 Å². The quantitative estimate of drug-likeness (QED) is 0.460. The molecule has 0 bridgehead atoms. The second kappa shape index (κ2) is 9.67. The first kappa shape index (κ1) is 19.6. The Morgan fingerprint density at radius 1 is 1.12 bits per heavy atom. The van der Waals surface area contributed by atoms with Crippen molar-refractivity contribution in [2.75, 3.05) is 5.75 Å². The number of halogens is 3. The van der Waals surface area contributed by atoms with Gasteiger partial charge in [-0.3, -0.25) is 0 Å². The summed E-state index contributed by atoms with van der Waals surface area (Å²) >= 11 is 1.33. The number of benzene rings is 2. The van der Waals surface area contributed by atoms with Crippen LogP contribution in [0.15, 0.2) is 65.8 Å². The number of hydrazone groups is 1. The molecule has 0 radical (unpaired) electrons. The molecule has 3 N–H and O–H groups in total. The topological polar surface area (TPSA) is 61.6 Å². The summed E-state index contributed by atoms with van der Waals surface area (Å²) in [6.07, 6.45) is 0.644. The van der Waals surface area contributed by atoms with E-state index in [-0.39, 0.29) is 5.75 Å². The Hall–Kier alpha value is -2.74. The van der Waals surface area contributed by atoms with Crippen LogP contribution in [0.25, 0.3) is 6.08 Å². The highest BCUT2D eigenvalue weighted by Gasteiger charge is 2.31. The molecule has 2 rings (SSSR count). The summed E-state index contributed by atoms with van der Waals surface area (Å²) in [5.74, 6) is 0.339. The minimum absolute atomic E-state index is 0.301. The van der Waals surface area contributed by atoms with Gasteiger partial charge in [0.25, 0.3) is 0 Å². The lowest BCUT2D eigenvalue weighted by molar-refractivity contribution is -0.456. The van der Waals surface area contributed by atoms with E-state index in [2.05, 4.69) is 14.9 Å². The van der Waals surface area contributed by atoms with Gasteiger partial charge in [-0.15, -0.1) is 18.3 Å². The Labute approximate surface area is 153 Å². The van der Waals surface area contributed by atoms with E-state index in [0.717, 1.165) is 5.56 Å². The molecular formula is C18H17F3N3OS+. The van der Waals surface area contributed by atoms with E-state index in [1.165, 1.54) is 36.2 Å². The molecule has 0 aromatic heterocycles. The molecule has 2 aromatic rings. The smallest absolute Gasteiger partial charge is 0.406 e. The van der Waals surface area contributed by atoms with Crippen molar-refractivity contribution >= 4 is 29.2 Å². The number of hydrogen-bond acceptors (Lipinski definition) is 3. The van der Waals surface area contributed by atoms with Gasteiger partial charge in [0.2, 0.25) is 11.4 Å². The predicted octanol–water partition coefficient (Wildman–Crippen LogP) is 2.76. The molecule has 0 fully saturated rings. The second-order valence-electron chi connectivity index (χ2n) is 4.97. The number of thioether (sulfide) groups is 1. The van der Waals surface area contributed by atoms with Crippen molar-refractivity contribution in [3.8, 4) is 5.75 Å². The van der Waals surface area contributed by atoms with Crippen molar-refractivity contribution in [2.45, 2.75) is 6.36 Å². The number of ether oxygens (including phenoxy) is 1. The fourth-order valence-electron chi connectivity index (χ4n) is 1.89. The van der Waals surface area contributed by atoms with Crippen molar-refractivity contribution in [3.63, 3.8) is 0 Å². The van der Waals surface area contributed by atoms with Gasteiger partial charge < -0.3 is 10.5 Å². The zero-order valence-corrected chi connectivity index (χ0v) is 14.4. The lowest BCUT2D eigenvalue weighted by atomic mass is 10.2. The molecule has 26 heavy (non-hydrogen) atoms. The fourth-order valence-corrected chi connectivity index (χ4v) is 2.37. The van der Waals surface area contributed by atoms with Gasteiger partial charge in [0.1, 0.15) is 5.75 Å². The minimum Gasteiger partial charge on any atom is -0.406 e. The van der Waals surface area contributed by atoms with E-state index >= 15 is 0 Å². The highest BCUT2D eigenvalue weighted by Crippen LogP contribution is 2.22. The molecule has 0 saturated carbocycles. The van der Waals surface area contributed by atoms with Crippen molar-refractivity contribution in [1.82, 2.24) is 0 Å². The van der Waals surface area contributed by atoms with Gasteiger partial charge in [0.15, 0.2) is 0 Å². The fraction of sp³-hybridized carbons (Fsp3) is 0.111. The van der Waals surface area contributed by atoms with Crippen LogP contribution in [0.5, 0.6) is 5.75 Å². The summed E-state index contributed by atoms with van der Waals surface area (Å²) in [6, 6.07) is 15.4. The Bertz CT molecular complexity index is 790. The summed E-state index contributed by atoms with van der Waals surface area (Å²) in [7, 11) is 0. The standard InChI is InChI=1S/C18H16F3N3OS/c19-18(20,21)25-16-10-4-8-15(12-16)13-23-24-17(22)26-11-5-9-14-6-2-1-3-7-14/h1-10,12-13H,11H2,(H2,22,24)/p+1. The van der Waals surface area contributed by atoms with E-state index < -0.39 is 6.36 Å². The number of nitrogens with zero attached hydrogens (tertiary/aromatic N) is 1. The summed E-state index contributed by atoms with van der Waals surface area (Å²) in [5.41, 5.74) is 7.32. The van der Waals surface area contributed by atoms with Gasteiger partial charge in [0, 0.05) is 16.4 Å². The first-order chi connectivity index (χ1) is 12.4. The first-order valence-electron chi connectivity index (χ1n) is 7.54. The van der Waals surface area contributed by atoms with Crippen LogP contribution in [0.4, 0.5) is 13.2 Å². The Kier molecular flexibility index (Phi) is 7.28. The monoisotopic (exact) mass is 380 g/mol. The van der Waals surface area contributed by atoms with Gasteiger partial charge in [0.05, 0.1) is 0 Å². The Morgan fingerprint density at radius 3 is 2.58 bits per heavy atom. The van der Waals surface area contributed by atoms with Crippen LogP contribution in [0.2, 0.25) is 0 Å². The molecular weight excluding hydrogens is 363 g/mol. The number of alkyl halides is 3. The van der Waals surface area contributed by atoms with Crippen LogP contribution in [0.1, 0.15) is 11.1 Å². The third kappa shape index (κ3) is 7.89. The maximum Gasteiger partial charge on any atom is 0.573 e.